The number of rotatable bonds is 5. The molecule has 32 heavy (non-hydrogen) atoms. The van der Waals surface area contributed by atoms with Gasteiger partial charge < -0.3 is 16.2 Å². The minimum atomic E-state index is -0.840. The van der Waals surface area contributed by atoms with E-state index in [4.69, 9.17) is 5.73 Å². The van der Waals surface area contributed by atoms with Crippen molar-refractivity contribution < 1.29 is 9.90 Å². The third-order valence-electron chi connectivity index (χ3n) is 4.58. The Labute approximate surface area is 185 Å². The Hall–Kier alpha value is -4.70. The second-order valence-electron chi connectivity index (χ2n) is 6.87. The SMILES string of the molecule is NC(=O)c1nc(-c2ccc(C#Cc3cccnc3)cc2)nc(NCc2ccccc2)c1O. The van der Waals surface area contributed by atoms with Crippen molar-refractivity contribution in [1.82, 2.24) is 15.0 Å². The third kappa shape index (κ3) is 4.89. The van der Waals surface area contributed by atoms with E-state index < -0.39 is 5.91 Å². The van der Waals surface area contributed by atoms with Gasteiger partial charge in [0.05, 0.1) is 0 Å². The van der Waals surface area contributed by atoms with Crippen molar-refractivity contribution in [2.45, 2.75) is 6.54 Å². The lowest BCUT2D eigenvalue weighted by Crippen LogP contribution is -2.16. The zero-order valence-corrected chi connectivity index (χ0v) is 17.0. The van der Waals surface area contributed by atoms with E-state index in [0.717, 1.165) is 16.7 Å². The highest BCUT2D eigenvalue weighted by molar-refractivity contribution is 5.95. The fourth-order valence-corrected chi connectivity index (χ4v) is 2.94. The summed E-state index contributed by atoms with van der Waals surface area (Å²) in [4.78, 5) is 24.4. The van der Waals surface area contributed by atoms with Crippen molar-refractivity contribution in [3.63, 3.8) is 0 Å². The van der Waals surface area contributed by atoms with Crippen molar-refractivity contribution in [2.24, 2.45) is 5.73 Å². The van der Waals surface area contributed by atoms with Crippen LogP contribution in [0.25, 0.3) is 11.4 Å². The molecule has 0 aliphatic heterocycles. The summed E-state index contributed by atoms with van der Waals surface area (Å²) in [6.45, 7) is 0.409. The first-order valence-corrected chi connectivity index (χ1v) is 9.81. The van der Waals surface area contributed by atoms with Gasteiger partial charge in [0.1, 0.15) is 0 Å². The average molecular weight is 421 g/mol. The Morgan fingerprint density at radius 1 is 0.938 bits per heavy atom. The average Bonchev–Trinajstić information content (AvgIpc) is 2.83. The summed E-state index contributed by atoms with van der Waals surface area (Å²) < 4.78 is 0. The van der Waals surface area contributed by atoms with Crippen LogP contribution in [0.1, 0.15) is 27.2 Å². The molecule has 0 saturated carbocycles. The van der Waals surface area contributed by atoms with Gasteiger partial charge in [-0.05, 0) is 42.0 Å². The van der Waals surface area contributed by atoms with E-state index in [-0.39, 0.29) is 23.1 Å². The van der Waals surface area contributed by atoms with Gasteiger partial charge in [-0.3, -0.25) is 9.78 Å². The number of carbonyl (C=O) groups excluding carboxylic acids is 1. The lowest BCUT2D eigenvalue weighted by molar-refractivity contribution is 0.0992. The molecule has 2 aromatic carbocycles. The van der Waals surface area contributed by atoms with Gasteiger partial charge in [0.2, 0.25) is 0 Å². The molecule has 0 fully saturated rings. The normalized spacial score (nSPS) is 10.1. The maximum atomic E-state index is 11.8. The van der Waals surface area contributed by atoms with Gasteiger partial charge in [-0.1, -0.05) is 42.2 Å². The smallest absolute Gasteiger partial charge is 0.271 e. The van der Waals surface area contributed by atoms with E-state index >= 15 is 0 Å². The van der Waals surface area contributed by atoms with E-state index in [1.165, 1.54) is 0 Å². The largest absolute Gasteiger partial charge is 0.503 e. The second-order valence-corrected chi connectivity index (χ2v) is 6.87. The van der Waals surface area contributed by atoms with Crippen molar-refractivity contribution in [3.8, 4) is 29.0 Å². The number of carbonyl (C=O) groups is 1. The van der Waals surface area contributed by atoms with E-state index in [9.17, 15) is 9.90 Å². The molecular weight excluding hydrogens is 402 g/mol. The van der Waals surface area contributed by atoms with Crippen LogP contribution in [0, 0.1) is 11.8 Å². The molecule has 156 valence electrons. The van der Waals surface area contributed by atoms with Crippen LogP contribution >= 0.6 is 0 Å². The Morgan fingerprint density at radius 2 is 1.69 bits per heavy atom. The third-order valence-corrected chi connectivity index (χ3v) is 4.58. The monoisotopic (exact) mass is 421 g/mol. The molecule has 4 rings (SSSR count). The number of nitrogens with zero attached hydrogens (tertiary/aromatic N) is 3. The van der Waals surface area contributed by atoms with Gasteiger partial charge in [0.15, 0.2) is 23.1 Å². The number of pyridine rings is 1. The van der Waals surface area contributed by atoms with Crippen molar-refractivity contribution in [1.29, 1.82) is 0 Å². The molecule has 4 N–H and O–H groups in total. The second kappa shape index (κ2) is 9.41. The highest BCUT2D eigenvalue weighted by atomic mass is 16.3. The van der Waals surface area contributed by atoms with Gasteiger partial charge >= 0.3 is 0 Å². The number of hydrogen-bond donors (Lipinski definition) is 3. The molecule has 4 aromatic rings. The number of benzene rings is 2. The molecule has 0 atom stereocenters. The molecule has 0 aliphatic rings. The van der Waals surface area contributed by atoms with Crippen LogP contribution in [0.2, 0.25) is 0 Å². The summed E-state index contributed by atoms with van der Waals surface area (Å²) in [6, 6.07) is 20.6. The summed E-state index contributed by atoms with van der Waals surface area (Å²) in [6.07, 6.45) is 3.39. The molecule has 2 aromatic heterocycles. The molecule has 7 heteroatoms. The molecule has 0 saturated heterocycles. The predicted molar refractivity (Wildman–Crippen MR) is 122 cm³/mol. The number of amides is 1. The standard InChI is InChI=1S/C25H19N5O2/c26-23(32)21-22(31)25(28-16-18-5-2-1-3-6-18)30-24(29-21)20-12-10-17(11-13-20)8-9-19-7-4-14-27-15-19/h1-7,10-15,31H,16H2,(H2,26,32)(H,28,29,30). The van der Waals surface area contributed by atoms with Crippen LogP contribution in [0.3, 0.4) is 0 Å². The zero-order chi connectivity index (χ0) is 22.3. The van der Waals surface area contributed by atoms with Crippen LogP contribution in [0.4, 0.5) is 5.82 Å². The quantitative estimate of drug-likeness (QED) is 0.426. The summed E-state index contributed by atoms with van der Waals surface area (Å²) in [5.74, 6) is 5.29. The Morgan fingerprint density at radius 3 is 2.38 bits per heavy atom. The predicted octanol–water partition coefficient (Wildman–Crippen LogP) is 3.36. The van der Waals surface area contributed by atoms with Crippen LogP contribution < -0.4 is 11.1 Å². The fraction of sp³-hybridized carbons (Fsp3) is 0.0400. The fourth-order valence-electron chi connectivity index (χ4n) is 2.94. The molecule has 0 aliphatic carbocycles. The number of nitrogens with two attached hydrogens (primary N) is 1. The first-order chi connectivity index (χ1) is 15.6. The van der Waals surface area contributed by atoms with Gasteiger partial charge in [0, 0.05) is 35.6 Å². The molecule has 7 nitrogen and oxygen atoms in total. The maximum absolute atomic E-state index is 11.8. The lowest BCUT2D eigenvalue weighted by Gasteiger charge is -2.12. The Bertz CT molecular complexity index is 1300. The van der Waals surface area contributed by atoms with Crippen LogP contribution in [0.5, 0.6) is 5.75 Å². The van der Waals surface area contributed by atoms with Gasteiger partial charge in [-0.15, -0.1) is 0 Å². The van der Waals surface area contributed by atoms with Gasteiger partial charge in [-0.25, -0.2) is 9.97 Å². The molecule has 0 bridgehead atoms. The number of primary amides is 1. The van der Waals surface area contributed by atoms with Crippen molar-refractivity contribution in [2.75, 3.05) is 5.32 Å². The van der Waals surface area contributed by atoms with E-state index in [1.54, 1.807) is 24.5 Å². The Balaban J connectivity index is 1.61. The van der Waals surface area contributed by atoms with E-state index in [0.29, 0.717) is 12.1 Å². The van der Waals surface area contributed by atoms with Crippen LogP contribution in [0.15, 0.2) is 79.1 Å². The first kappa shape index (κ1) is 20.6. The topological polar surface area (TPSA) is 114 Å². The molecule has 0 unspecified atom stereocenters. The van der Waals surface area contributed by atoms with Crippen LogP contribution in [-0.2, 0) is 6.54 Å². The molecule has 1 amide bonds. The van der Waals surface area contributed by atoms with Gasteiger partial charge in [0.25, 0.3) is 5.91 Å². The summed E-state index contributed by atoms with van der Waals surface area (Å²) in [5, 5.41) is 13.5. The molecule has 0 spiro atoms. The summed E-state index contributed by atoms with van der Waals surface area (Å²) in [5.41, 5.74) is 8.43. The Kier molecular flexibility index (Phi) is 6.05. The van der Waals surface area contributed by atoms with E-state index in [2.05, 4.69) is 32.1 Å². The van der Waals surface area contributed by atoms with E-state index in [1.807, 2.05) is 54.6 Å². The number of aromatic nitrogens is 3. The lowest BCUT2D eigenvalue weighted by atomic mass is 10.1. The van der Waals surface area contributed by atoms with Crippen molar-refractivity contribution in [3.05, 3.63) is 102 Å². The maximum Gasteiger partial charge on any atom is 0.271 e. The van der Waals surface area contributed by atoms with Crippen molar-refractivity contribution >= 4 is 11.7 Å². The molecular formula is C25H19N5O2. The van der Waals surface area contributed by atoms with Crippen LogP contribution in [-0.4, -0.2) is 26.0 Å². The highest BCUT2D eigenvalue weighted by Gasteiger charge is 2.18. The molecule has 0 radical (unpaired) electrons. The minimum Gasteiger partial charge on any atom is -0.503 e. The zero-order valence-electron chi connectivity index (χ0n) is 17.0. The summed E-state index contributed by atoms with van der Waals surface area (Å²) >= 11 is 0. The highest BCUT2D eigenvalue weighted by Crippen LogP contribution is 2.28. The summed E-state index contributed by atoms with van der Waals surface area (Å²) in [7, 11) is 0. The first-order valence-electron chi connectivity index (χ1n) is 9.81. The number of hydrogen-bond acceptors (Lipinski definition) is 6. The van der Waals surface area contributed by atoms with Gasteiger partial charge in [-0.2, -0.15) is 0 Å². The molecule has 2 heterocycles. The number of nitrogens with one attached hydrogen (secondary N) is 1. The minimum absolute atomic E-state index is 0.132. The number of anilines is 1. The number of aromatic hydroxyl groups is 1.